The third-order valence-corrected chi connectivity index (χ3v) is 1.91. The maximum atomic E-state index is 9.93. The van der Waals surface area contributed by atoms with Crippen LogP contribution in [0.25, 0.3) is 0 Å². The molecule has 0 saturated heterocycles. The Labute approximate surface area is 90.4 Å². The summed E-state index contributed by atoms with van der Waals surface area (Å²) in [6.07, 6.45) is 0. The Hall–Kier alpha value is 0.410. The summed E-state index contributed by atoms with van der Waals surface area (Å²) in [6, 6.07) is 2.99. The molecule has 1 heterocycles. The van der Waals surface area contributed by atoms with E-state index in [9.17, 15) is 13.0 Å². The first-order valence-corrected chi connectivity index (χ1v) is 4.48. The van der Waals surface area contributed by atoms with E-state index in [4.69, 9.17) is 0 Å². The average molecular weight is 202 g/mol. The first-order chi connectivity index (χ1) is 4.58. The summed E-state index contributed by atoms with van der Waals surface area (Å²) < 4.78 is 33.8. The van der Waals surface area contributed by atoms with Crippen LogP contribution in [0, 0.1) is 0 Å². The summed E-state index contributed by atoms with van der Waals surface area (Å²) in [5, 5.41) is 1.70. The second-order valence-electron chi connectivity index (χ2n) is 1.42. The number of rotatable bonds is 2. The van der Waals surface area contributed by atoms with Crippen LogP contribution in [0.1, 0.15) is 0 Å². The van der Waals surface area contributed by atoms with Gasteiger partial charge in [-0.25, -0.2) is 8.42 Å². The van der Waals surface area contributed by atoms with E-state index in [1.54, 1.807) is 11.4 Å². The first kappa shape index (κ1) is 11.4. The number of thiophene rings is 1. The number of hydrogen-bond acceptors (Lipinski definition) is 5. The van der Waals surface area contributed by atoms with Crippen molar-refractivity contribution < 1.29 is 46.7 Å². The minimum absolute atomic E-state index is 0. The van der Waals surface area contributed by atoms with Gasteiger partial charge in [0.1, 0.15) is 0 Å². The Morgan fingerprint density at radius 1 is 1.55 bits per heavy atom. The maximum Gasteiger partial charge on any atom is 1.00 e. The van der Waals surface area contributed by atoms with Crippen molar-refractivity contribution in [3.63, 3.8) is 0 Å². The normalized spacial score (nSPS) is 10.3. The topological polar surface area (TPSA) is 66.4 Å². The molecular formula is C4H3NaO4S2. The quantitative estimate of drug-likeness (QED) is 0.304. The molecule has 4 nitrogen and oxygen atoms in total. The van der Waals surface area contributed by atoms with Crippen molar-refractivity contribution in [1.82, 2.24) is 0 Å². The Kier molecular flexibility index (Phi) is 4.60. The van der Waals surface area contributed by atoms with Gasteiger partial charge in [0.25, 0.3) is 10.4 Å². The fourth-order valence-electron chi connectivity index (χ4n) is 0.411. The van der Waals surface area contributed by atoms with Crippen LogP contribution in [0.3, 0.4) is 0 Å². The van der Waals surface area contributed by atoms with Gasteiger partial charge in [0.05, 0.1) is 0 Å². The van der Waals surface area contributed by atoms with Crippen molar-refractivity contribution in [3.8, 4) is 5.06 Å². The second kappa shape index (κ2) is 4.44. The van der Waals surface area contributed by atoms with Crippen LogP contribution >= 0.6 is 11.3 Å². The molecule has 11 heavy (non-hydrogen) atoms. The minimum atomic E-state index is -4.59. The predicted octanol–water partition coefficient (Wildman–Crippen LogP) is -2.41. The van der Waals surface area contributed by atoms with Crippen molar-refractivity contribution in [2.24, 2.45) is 0 Å². The van der Waals surface area contributed by atoms with E-state index in [-0.39, 0.29) is 34.6 Å². The van der Waals surface area contributed by atoms with Crippen LogP contribution in [-0.4, -0.2) is 13.0 Å². The molecule has 1 aromatic heterocycles. The van der Waals surface area contributed by atoms with Crippen molar-refractivity contribution >= 4 is 21.7 Å². The summed E-state index contributed by atoms with van der Waals surface area (Å²) in [4.78, 5) is 0. The average Bonchev–Trinajstić information content (AvgIpc) is 2.12. The fraction of sp³-hybridized carbons (Fsp3) is 0. The molecule has 0 aliphatic heterocycles. The van der Waals surface area contributed by atoms with E-state index in [1.807, 2.05) is 0 Å². The monoisotopic (exact) mass is 202 g/mol. The van der Waals surface area contributed by atoms with E-state index in [0.717, 1.165) is 11.3 Å². The Morgan fingerprint density at radius 2 is 2.18 bits per heavy atom. The zero-order chi connectivity index (χ0) is 7.61. The molecule has 0 aromatic carbocycles. The van der Waals surface area contributed by atoms with Gasteiger partial charge in [-0.05, 0) is 17.5 Å². The molecule has 0 bridgehead atoms. The zero-order valence-corrected chi connectivity index (χ0v) is 9.31. The summed E-state index contributed by atoms with van der Waals surface area (Å²) in [7, 11) is -4.59. The van der Waals surface area contributed by atoms with Gasteiger partial charge in [0, 0.05) is 0 Å². The smallest absolute Gasteiger partial charge is 0.716 e. The van der Waals surface area contributed by atoms with Crippen molar-refractivity contribution in [2.45, 2.75) is 0 Å². The van der Waals surface area contributed by atoms with Gasteiger partial charge in [0.15, 0.2) is 5.06 Å². The molecule has 0 atom stereocenters. The van der Waals surface area contributed by atoms with Crippen LogP contribution in [-0.2, 0) is 10.4 Å². The van der Waals surface area contributed by atoms with E-state index >= 15 is 0 Å². The van der Waals surface area contributed by atoms with E-state index < -0.39 is 10.4 Å². The van der Waals surface area contributed by atoms with Crippen LogP contribution in [0.5, 0.6) is 5.06 Å². The third-order valence-electron chi connectivity index (χ3n) is 0.679. The van der Waals surface area contributed by atoms with Crippen LogP contribution in [0.2, 0.25) is 0 Å². The maximum absolute atomic E-state index is 9.93. The van der Waals surface area contributed by atoms with Gasteiger partial charge in [-0.2, -0.15) is 0 Å². The largest absolute Gasteiger partial charge is 1.00 e. The minimum Gasteiger partial charge on any atom is -0.716 e. The van der Waals surface area contributed by atoms with Crippen LogP contribution in [0.4, 0.5) is 0 Å². The molecule has 0 amide bonds. The Morgan fingerprint density at radius 3 is 2.55 bits per heavy atom. The SMILES string of the molecule is O=S(=O)([O-])Oc1cccs1.[Na+]. The summed E-state index contributed by atoms with van der Waals surface area (Å²) in [5.74, 6) is 0. The van der Waals surface area contributed by atoms with Gasteiger partial charge in [-0.1, -0.05) is 0 Å². The van der Waals surface area contributed by atoms with Crippen LogP contribution < -0.4 is 33.7 Å². The van der Waals surface area contributed by atoms with E-state index in [2.05, 4.69) is 4.18 Å². The van der Waals surface area contributed by atoms with Gasteiger partial charge < -0.3 is 8.74 Å². The summed E-state index contributed by atoms with van der Waals surface area (Å²) in [5.41, 5.74) is 0. The molecule has 0 aliphatic rings. The van der Waals surface area contributed by atoms with Gasteiger partial charge in [-0.3, -0.25) is 0 Å². The molecule has 0 saturated carbocycles. The van der Waals surface area contributed by atoms with Gasteiger partial charge in [0.2, 0.25) is 0 Å². The summed E-state index contributed by atoms with van der Waals surface area (Å²) >= 11 is 1.05. The third kappa shape index (κ3) is 4.78. The Balaban J connectivity index is 0.000001000. The molecule has 1 rings (SSSR count). The number of hydrogen-bond donors (Lipinski definition) is 0. The molecule has 56 valence electrons. The molecular weight excluding hydrogens is 199 g/mol. The molecule has 0 aliphatic carbocycles. The van der Waals surface area contributed by atoms with Crippen molar-refractivity contribution in [1.29, 1.82) is 0 Å². The molecule has 0 spiro atoms. The zero-order valence-electron chi connectivity index (χ0n) is 5.68. The molecule has 0 unspecified atom stereocenters. The van der Waals surface area contributed by atoms with E-state index in [0.29, 0.717) is 0 Å². The molecule has 0 radical (unpaired) electrons. The van der Waals surface area contributed by atoms with Crippen molar-refractivity contribution in [3.05, 3.63) is 17.5 Å². The second-order valence-corrected chi connectivity index (χ2v) is 3.32. The van der Waals surface area contributed by atoms with E-state index in [1.165, 1.54) is 6.07 Å². The molecule has 0 fully saturated rings. The fourth-order valence-corrected chi connectivity index (χ4v) is 1.52. The standard InChI is InChI=1S/C4H4O4S2.Na/c5-10(6,7)8-4-2-1-3-9-4;/h1-3H,(H,5,6,7);/q;+1/p-1. The Bertz CT molecular complexity index is 290. The van der Waals surface area contributed by atoms with Crippen molar-refractivity contribution in [2.75, 3.05) is 0 Å². The first-order valence-electron chi connectivity index (χ1n) is 2.27. The molecule has 1 aromatic rings. The van der Waals surface area contributed by atoms with Gasteiger partial charge in [-0.15, -0.1) is 11.3 Å². The van der Waals surface area contributed by atoms with Gasteiger partial charge >= 0.3 is 29.6 Å². The van der Waals surface area contributed by atoms with Crippen LogP contribution in [0.15, 0.2) is 17.5 Å². The predicted molar refractivity (Wildman–Crippen MR) is 34.6 cm³/mol. The summed E-state index contributed by atoms with van der Waals surface area (Å²) in [6.45, 7) is 0. The molecule has 0 N–H and O–H groups in total. The molecule has 7 heteroatoms.